The molecule has 0 aromatic carbocycles. The summed E-state index contributed by atoms with van der Waals surface area (Å²) in [5, 5.41) is 6.12. The summed E-state index contributed by atoms with van der Waals surface area (Å²) in [7, 11) is 0. The zero-order valence-corrected chi connectivity index (χ0v) is 8.95. The third-order valence-corrected chi connectivity index (χ3v) is 2.66. The van der Waals surface area contributed by atoms with Gasteiger partial charge in [0.15, 0.2) is 0 Å². The normalized spacial score (nSPS) is 26.1. The van der Waals surface area contributed by atoms with Gasteiger partial charge in [0.2, 0.25) is 5.91 Å². The number of nitrogens with zero attached hydrogens (tertiary/aromatic N) is 1. The highest BCUT2D eigenvalue weighted by molar-refractivity contribution is 5.82. The fraction of sp³-hybridized carbons (Fsp3) is 0.455. The van der Waals surface area contributed by atoms with Crippen LogP contribution in [0, 0.1) is 6.92 Å². The Labute approximate surface area is 89.1 Å². The Hall–Kier alpha value is -1.42. The van der Waals surface area contributed by atoms with E-state index >= 15 is 0 Å². The fourth-order valence-corrected chi connectivity index (χ4v) is 1.69. The van der Waals surface area contributed by atoms with Gasteiger partial charge >= 0.3 is 0 Å². The molecule has 80 valence electrons. The summed E-state index contributed by atoms with van der Waals surface area (Å²) >= 11 is 0. The smallest absolute Gasteiger partial charge is 0.236 e. The van der Waals surface area contributed by atoms with Crippen LogP contribution in [0.2, 0.25) is 0 Å². The summed E-state index contributed by atoms with van der Waals surface area (Å²) < 4.78 is 0. The molecule has 1 aliphatic rings. The van der Waals surface area contributed by atoms with Crippen molar-refractivity contribution in [1.29, 1.82) is 0 Å². The Morgan fingerprint density at radius 2 is 2.27 bits per heavy atom. The number of pyridine rings is 1. The molecule has 2 N–H and O–H groups in total. The number of aromatic nitrogens is 1. The standard InChI is InChI=1S/C11H15N3O/c1-7-3-4-9(5-12-7)10-6-13-11(15)8(2)14-10/h3-5,8,10,14H,6H2,1-2H3,(H,13,15)/t8-,10?/m1/s1. The summed E-state index contributed by atoms with van der Waals surface area (Å²) in [5.41, 5.74) is 2.12. The van der Waals surface area contributed by atoms with Crippen molar-refractivity contribution in [2.45, 2.75) is 25.9 Å². The number of carbonyl (C=O) groups is 1. The molecule has 2 rings (SSSR count). The maximum absolute atomic E-state index is 11.2. The number of hydrogen-bond acceptors (Lipinski definition) is 3. The lowest BCUT2D eigenvalue weighted by Gasteiger charge is -2.28. The van der Waals surface area contributed by atoms with E-state index in [1.165, 1.54) is 0 Å². The molecule has 1 unspecified atom stereocenters. The predicted octanol–water partition coefficient (Wildman–Crippen LogP) is 0.539. The highest BCUT2D eigenvalue weighted by atomic mass is 16.2. The Kier molecular flexibility index (Phi) is 2.68. The van der Waals surface area contributed by atoms with Gasteiger partial charge < -0.3 is 5.32 Å². The maximum Gasteiger partial charge on any atom is 0.236 e. The fourth-order valence-electron chi connectivity index (χ4n) is 1.69. The number of amides is 1. The van der Waals surface area contributed by atoms with Crippen LogP contribution in [-0.2, 0) is 4.79 Å². The van der Waals surface area contributed by atoms with Gasteiger partial charge in [0.05, 0.1) is 12.1 Å². The van der Waals surface area contributed by atoms with E-state index in [4.69, 9.17) is 0 Å². The number of hydrogen-bond donors (Lipinski definition) is 2. The van der Waals surface area contributed by atoms with Gasteiger partial charge in [0, 0.05) is 18.4 Å². The zero-order chi connectivity index (χ0) is 10.8. The molecule has 0 aliphatic carbocycles. The zero-order valence-electron chi connectivity index (χ0n) is 8.95. The van der Waals surface area contributed by atoms with Gasteiger partial charge in [0.25, 0.3) is 0 Å². The van der Waals surface area contributed by atoms with E-state index in [0.29, 0.717) is 6.54 Å². The van der Waals surface area contributed by atoms with Crippen molar-refractivity contribution >= 4 is 5.91 Å². The molecule has 2 heterocycles. The van der Waals surface area contributed by atoms with Crippen LogP contribution in [-0.4, -0.2) is 23.5 Å². The summed E-state index contributed by atoms with van der Waals surface area (Å²) in [6.45, 7) is 4.46. The van der Waals surface area contributed by atoms with Crippen molar-refractivity contribution in [2.24, 2.45) is 0 Å². The van der Waals surface area contributed by atoms with Gasteiger partial charge in [-0.3, -0.25) is 15.1 Å². The van der Waals surface area contributed by atoms with Crippen LogP contribution in [0.25, 0.3) is 0 Å². The van der Waals surface area contributed by atoms with E-state index in [0.717, 1.165) is 11.3 Å². The molecule has 0 radical (unpaired) electrons. The quantitative estimate of drug-likeness (QED) is 0.703. The van der Waals surface area contributed by atoms with E-state index in [-0.39, 0.29) is 18.0 Å². The molecule has 15 heavy (non-hydrogen) atoms. The highest BCUT2D eigenvalue weighted by Crippen LogP contribution is 2.14. The Morgan fingerprint density at radius 3 is 2.87 bits per heavy atom. The minimum Gasteiger partial charge on any atom is -0.353 e. The average molecular weight is 205 g/mol. The van der Waals surface area contributed by atoms with Crippen LogP contribution in [0.5, 0.6) is 0 Å². The minimum atomic E-state index is -0.134. The van der Waals surface area contributed by atoms with Crippen molar-refractivity contribution in [3.63, 3.8) is 0 Å². The van der Waals surface area contributed by atoms with Gasteiger partial charge in [-0.1, -0.05) is 6.07 Å². The van der Waals surface area contributed by atoms with Gasteiger partial charge in [-0.25, -0.2) is 0 Å². The van der Waals surface area contributed by atoms with Gasteiger partial charge in [0.1, 0.15) is 0 Å². The maximum atomic E-state index is 11.2. The second-order valence-electron chi connectivity index (χ2n) is 3.92. The molecule has 0 spiro atoms. The van der Waals surface area contributed by atoms with Crippen LogP contribution < -0.4 is 10.6 Å². The molecule has 1 fully saturated rings. The molecule has 2 atom stereocenters. The van der Waals surface area contributed by atoms with E-state index in [1.54, 1.807) is 0 Å². The van der Waals surface area contributed by atoms with E-state index in [1.807, 2.05) is 32.2 Å². The molecule has 1 aromatic rings. The van der Waals surface area contributed by atoms with Crippen LogP contribution in [0.3, 0.4) is 0 Å². The van der Waals surface area contributed by atoms with Crippen molar-refractivity contribution in [3.05, 3.63) is 29.6 Å². The Bertz CT molecular complexity index is 361. The number of piperazine rings is 1. The van der Waals surface area contributed by atoms with E-state index in [9.17, 15) is 4.79 Å². The van der Waals surface area contributed by atoms with Gasteiger partial charge in [-0.2, -0.15) is 0 Å². The van der Waals surface area contributed by atoms with Crippen molar-refractivity contribution in [1.82, 2.24) is 15.6 Å². The molecule has 4 nitrogen and oxygen atoms in total. The van der Waals surface area contributed by atoms with Crippen molar-refractivity contribution < 1.29 is 4.79 Å². The highest BCUT2D eigenvalue weighted by Gasteiger charge is 2.24. The largest absolute Gasteiger partial charge is 0.353 e. The summed E-state index contributed by atoms with van der Waals surface area (Å²) in [6, 6.07) is 4.07. The molecular formula is C11H15N3O. The van der Waals surface area contributed by atoms with Crippen LogP contribution in [0.4, 0.5) is 0 Å². The Balaban J connectivity index is 2.12. The summed E-state index contributed by atoms with van der Waals surface area (Å²) in [6.07, 6.45) is 1.86. The lowest BCUT2D eigenvalue weighted by Crippen LogP contribution is -2.52. The minimum absolute atomic E-state index is 0.0614. The molecule has 0 bridgehead atoms. The van der Waals surface area contributed by atoms with E-state index in [2.05, 4.69) is 15.6 Å². The molecule has 1 aliphatic heterocycles. The van der Waals surface area contributed by atoms with Crippen LogP contribution >= 0.6 is 0 Å². The molecule has 0 saturated carbocycles. The second-order valence-corrected chi connectivity index (χ2v) is 3.92. The van der Waals surface area contributed by atoms with Gasteiger partial charge in [-0.05, 0) is 25.5 Å². The van der Waals surface area contributed by atoms with Gasteiger partial charge in [-0.15, -0.1) is 0 Å². The summed E-state index contributed by atoms with van der Waals surface area (Å²) in [5.74, 6) is 0.0614. The first-order chi connectivity index (χ1) is 7.16. The van der Waals surface area contributed by atoms with Crippen molar-refractivity contribution in [2.75, 3.05) is 6.54 Å². The molecule has 1 amide bonds. The van der Waals surface area contributed by atoms with Crippen molar-refractivity contribution in [3.8, 4) is 0 Å². The third-order valence-electron chi connectivity index (χ3n) is 2.66. The molecule has 4 heteroatoms. The molecular weight excluding hydrogens is 190 g/mol. The third kappa shape index (κ3) is 2.15. The number of aryl methyl sites for hydroxylation is 1. The topological polar surface area (TPSA) is 54.0 Å². The number of rotatable bonds is 1. The number of nitrogens with one attached hydrogen (secondary N) is 2. The van der Waals surface area contributed by atoms with Crippen LogP contribution in [0.1, 0.15) is 24.2 Å². The average Bonchev–Trinajstić information content (AvgIpc) is 2.23. The predicted molar refractivity (Wildman–Crippen MR) is 57.3 cm³/mol. The van der Waals surface area contributed by atoms with Crippen LogP contribution in [0.15, 0.2) is 18.3 Å². The first kappa shape index (κ1) is 10.1. The number of carbonyl (C=O) groups excluding carboxylic acids is 1. The monoisotopic (exact) mass is 205 g/mol. The lowest BCUT2D eigenvalue weighted by molar-refractivity contribution is -0.124. The first-order valence-electron chi connectivity index (χ1n) is 5.13. The SMILES string of the molecule is Cc1ccc(C2CNC(=O)[C@@H](C)N2)cn1. The lowest BCUT2D eigenvalue weighted by atomic mass is 10.0. The second kappa shape index (κ2) is 3.98. The first-order valence-corrected chi connectivity index (χ1v) is 5.13. The van der Waals surface area contributed by atoms with E-state index < -0.39 is 0 Å². The molecule has 1 aromatic heterocycles. The molecule has 1 saturated heterocycles. The summed E-state index contributed by atoms with van der Waals surface area (Å²) in [4.78, 5) is 15.5. The Morgan fingerprint density at radius 1 is 1.47 bits per heavy atom.